The van der Waals surface area contributed by atoms with Crippen LogP contribution in [-0.4, -0.2) is 50.2 Å². The molecule has 150 valence electrons. The SMILES string of the molecule is O=C(COc1ccc2ccccc2c1)NCCN1CCOC(c2ccccc2)C1. The van der Waals surface area contributed by atoms with Gasteiger partial charge in [0.05, 0.1) is 12.7 Å². The number of nitrogens with zero attached hydrogens (tertiary/aromatic N) is 1. The maximum absolute atomic E-state index is 12.1. The van der Waals surface area contributed by atoms with Crippen LogP contribution in [0.5, 0.6) is 5.75 Å². The van der Waals surface area contributed by atoms with E-state index in [1.54, 1.807) is 0 Å². The molecule has 0 aromatic heterocycles. The molecule has 1 fully saturated rings. The molecule has 0 spiro atoms. The maximum Gasteiger partial charge on any atom is 0.257 e. The normalized spacial score (nSPS) is 17.2. The maximum atomic E-state index is 12.1. The van der Waals surface area contributed by atoms with Crippen LogP contribution in [0.4, 0.5) is 0 Å². The lowest BCUT2D eigenvalue weighted by Gasteiger charge is -2.33. The number of ether oxygens (including phenoxy) is 2. The zero-order chi connectivity index (χ0) is 19.9. The van der Waals surface area contributed by atoms with Crippen molar-refractivity contribution in [3.8, 4) is 5.75 Å². The number of nitrogens with one attached hydrogen (secondary N) is 1. The summed E-state index contributed by atoms with van der Waals surface area (Å²) in [5, 5.41) is 5.20. The highest BCUT2D eigenvalue weighted by Gasteiger charge is 2.21. The topological polar surface area (TPSA) is 50.8 Å². The van der Waals surface area contributed by atoms with Gasteiger partial charge in [-0.3, -0.25) is 9.69 Å². The molecule has 1 N–H and O–H groups in total. The van der Waals surface area contributed by atoms with Gasteiger partial charge in [0.2, 0.25) is 0 Å². The van der Waals surface area contributed by atoms with Crippen molar-refractivity contribution in [2.24, 2.45) is 0 Å². The van der Waals surface area contributed by atoms with E-state index < -0.39 is 0 Å². The number of morpholine rings is 1. The van der Waals surface area contributed by atoms with Crippen LogP contribution in [0.3, 0.4) is 0 Å². The summed E-state index contributed by atoms with van der Waals surface area (Å²) >= 11 is 0. The summed E-state index contributed by atoms with van der Waals surface area (Å²) in [5.74, 6) is 0.601. The highest BCUT2D eigenvalue weighted by molar-refractivity contribution is 5.84. The number of rotatable bonds is 7. The summed E-state index contributed by atoms with van der Waals surface area (Å²) in [4.78, 5) is 14.5. The summed E-state index contributed by atoms with van der Waals surface area (Å²) < 4.78 is 11.5. The lowest BCUT2D eigenvalue weighted by molar-refractivity contribution is -0.123. The molecule has 1 amide bonds. The largest absolute Gasteiger partial charge is 0.484 e. The number of carbonyl (C=O) groups excluding carboxylic acids is 1. The van der Waals surface area contributed by atoms with Crippen LogP contribution in [0.15, 0.2) is 72.8 Å². The first-order valence-corrected chi connectivity index (χ1v) is 10.1. The molecule has 1 aliphatic rings. The fourth-order valence-corrected chi connectivity index (χ4v) is 3.59. The highest BCUT2D eigenvalue weighted by atomic mass is 16.5. The van der Waals surface area contributed by atoms with Crippen molar-refractivity contribution in [2.75, 3.05) is 39.4 Å². The third-order valence-corrected chi connectivity index (χ3v) is 5.16. The van der Waals surface area contributed by atoms with Gasteiger partial charge in [-0.2, -0.15) is 0 Å². The molecule has 1 saturated heterocycles. The summed E-state index contributed by atoms with van der Waals surface area (Å²) in [6.07, 6.45) is 0.0943. The molecule has 0 saturated carbocycles. The molecule has 29 heavy (non-hydrogen) atoms. The van der Waals surface area contributed by atoms with Gasteiger partial charge in [-0.15, -0.1) is 0 Å². The predicted octanol–water partition coefficient (Wildman–Crippen LogP) is 3.41. The summed E-state index contributed by atoms with van der Waals surface area (Å²) in [6.45, 7) is 3.85. The van der Waals surface area contributed by atoms with E-state index in [1.807, 2.05) is 54.6 Å². The van der Waals surface area contributed by atoms with E-state index in [2.05, 4.69) is 28.4 Å². The van der Waals surface area contributed by atoms with Crippen molar-refractivity contribution >= 4 is 16.7 Å². The Morgan fingerprint density at radius 2 is 1.83 bits per heavy atom. The van der Waals surface area contributed by atoms with Gasteiger partial charge in [-0.05, 0) is 28.5 Å². The molecule has 1 atom stereocenters. The molecule has 5 nitrogen and oxygen atoms in total. The summed E-state index contributed by atoms with van der Waals surface area (Å²) in [5.41, 5.74) is 1.20. The minimum Gasteiger partial charge on any atom is -0.484 e. The van der Waals surface area contributed by atoms with Crippen LogP contribution in [-0.2, 0) is 9.53 Å². The minimum absolute atomic E-state index is 0.0219. The van der Waals surface area contributed by atoms with Crippen LogP contribution in [0.2, 0.25) is 0 Å². The number of amides is 1. The fraction of sp³-hybridized carbons (Fsp3) is 0.292. The Balaban J connectivity index is 1.19. The van der Waals surface area contributed by atoms with E-state index in [0.717, 1.165) is 30.4 Å². The molecule has 0 bridgehead atoms. The van der Waals surface area contributed by atoms with Crippen LogP contribution < -0.4 is 10.1 Å². The van der Waals surface area contributed by atoms with Crippen molar-refractivity contribution in [1.29, 1.82) is 0 Å². The van der Waals surface area contributed by atoms with Gasteiger partial charge in [0.15, 0.2) is 6.61 Å². The van der Waals surface area contributed by atoms with E-state index in [4.69, 9.17) is 9.47 Å². The number of fused-ring (bicyclic) bond motifs is 1. The standard InChI is InChI=1S/C24H26N2O3/c27-24(18-29-22-11-10-19-6-4-5-9-21(19)16-22)25-12-13-26-14-15-28-23(17-26)20-7-2-1-3-8-20/h1-11,16,23H,12-15,17-18H2,(H,25,27). The van der Waals surface area contributed by atoms with Gasteiger partial charge in [0, 0.05) is 26.2 Å². The molecular formula is C24H26N2O3. The Morgan fingerprint density at radius 3 is 2.69 bits per heavy atom. The van der Waals surface area contributed by atoms with E-state index in [0.29, 0.717) is 18.9 Å². The summed E-state index contributed by atoms with van der Waals surface area (Å²) in [6, 6.07) is 24.2. The quantitative estimate of drug-likeness (QED) is 0.672. The van der Waals surface area contributed by atoms with Crippen molar-refractivity contribution < 1.29 is 14.3 Å². The molecule has 4 rings (SSSR count). The smallest absolute Gasteiger partial charge is 0.257 e. The van der Waals surface area contributed by atoms with Gasteiger partial charge in [-0.1, -0.05) is 60.7 Å². The number of hydrogen-bond donors (Lipinski definition) is 1. The van der Waals surface area contributed by atoms with E-state index >= 15 is 0 Å². The molecule has 1 aliphatic heterocycles. The lowest BCUT2D eigenvalue weighted by atomic mass is 10.1. The van der Waals surface area contributed by atoms with E-state index in [9.17, 15) is 4.79 Å². The average molecular weight is 390 g/mol. The monoisotopic (exact) mass is 390 g/mol. The zero-order valence-corrected chi connectivity index (χ0v) is 16.4. The fourth-order valence-electron chi connectivity index (χ4n) is 3.59. The van der Waals surface area contributed by atoms with Crippen molar-refractivity contribution in [1.82, 2.24) is 10.2 Å². The van der Waals surface area contributed by atoms with E-state index in [-0.39, 0.29) is 18.6 Å². The lowest BCUT2D eigenvalue weighted by Crippen LogP contribution is -2.43. The van der Waals surface area contributed by atoms with Gasteiger partial charge in [0.1, 0.15) is 5.75 Å². The third kappa shape index (κ3) is 5.34. The van der Waals surface area contributed by atoms with Crippen molar-refractivity contribution in [3.63, 3.8) is 0 Å². The highest BCUT2D eigenvalue weighted by Crippen LogP contribution is 2.22. The molecule has 1 heterocycles. The Labute approximate surface area is 171 Å². The third-order valence-electron chi connectivity index (χ3n) is 5.16. The molecule has 5 heteroatoms. The second-order valence-electron chi connectivity index (χ2n) is 7.22. The summed E-state index contributed by atoms with van der Waals surface area (Å²) in [7, 11) is 0. The first-order valence-electron chi connectivity index (χ1n) is 10.1. The van der Waals surface area contributed by atoms with Gasteiger partial charge < -0.3 is 14.8 Å². The second-order valence-corrected chi connectivity index (χ2v) is 7.22. The van der Waals surface area contributed by atoms with Crippen LogP contribution >= 0.6 is 0 Å². The Hall–Kier alpha value is -2.89. The van der Waals surface area contributed by atoms with Crippen LogP contribution in [0.1, 0.15) is 11.7 Å². The zero-order valence-electron chi connectivity index (χ0n) is 16.4. The van der Waals surface area contributed by atoms with Gasteiger partial charge >= 0.3 is 0 Å². The number of carbonyl (C=O) groups is 1. The molecule has 1 unspecified atom stereocenters. The first kappa shape index (κ1) is 19.4. The molecule has 0 radical (unpaired) electrons. The van der Waals surface area contributed by atoms with Crippen molar-refractivity contribution in [2.45, 2.75) is 6.10 Å². The van der Waals surface area contributed by atoms with Crippen molar-refractivity contribution in [3.05, 3.63) is 78.4 Å². The molecular weight excluding hydrogens is 364 g/mol. The molecule has 3 aromatic carbocycles. The Morgan fingerprint density at radius 1 is 1.03 bits per heavy atom. The van der Waals surface area contributed by atoms with Gasteiger partial charge in [0.25, 0.3) is 5.91 Å². The number of benzene rings is 3. The number of hydrogen-bond acceptors (Lipinski definition) is 4. The van der Waals surface area contributed by atoms with Crippen LogP contribution in [0, 0.1) is 0 Å². The predicted molar refractivity (Wildman–Crippen MR) is 114 cm³/mol. The Bertz CT molecular complexity index is 945. The molecule has 0 aliphatic carbocycles. The minimum atomic E-state index is -0.106. The van der Waals surface area contributed by atoms with Crippen LogP contribution in [0.25, 0.3) is 10.8 Å². The Kier molecular flexibility index (Phi) is 6.39. The first-order chi connectivity index (χ1) is 14.3. The van der Waals surface area contributed by atoms with E-state index in [1.165, 1.54) is 5.56 Å². The van der Waals surface area contributed by atoms with Gasteiger partial charge in [-0.25, -0.2) is 0 Å². The average Bonchev–Trinajstić information content (AvgIpc) is 2.78. The molecule has 3 aromatic rings. The second kappa shape index (κ2) is 9.54.